The number of phenols is 1. The van der Waals surface area contributed by atoms with Gasteiger partial charge in [-0.3, -0.25) is 4.90 Å². The van der Waals surface area contributed by atoms with E-state index in [4.69, 9.17) is 14.2 Å². The van der Waals surface area contributed by atoms with Crippen molar-refractivity contribution in [2.75, 3.05) is 11.5 Å². The summed E-state index contributed by atoms with van der Waals surface area (Å²) in [5, 5.41) is 20.4. The van der Waals surface area contributed by atoms with Gasteiger partial charge in [0, 0.05) is 5.56 Å². The minimum Gasteiger partial charge on any atom is -0.508 e. The largest absolute Gasteiger partial charge is 0.508 e. The van der Waals surface area contributed by atoms with Gasteiger partial charge in [-0.2, -0.15) is 0 Å². The van der Waals surface area contributed by atoms with Gasteiger partial charge in [0.15, 0.2) is 5.79 Å². The molecule has 0 radical (unpaired) electrons. The van der Waals surface area contributed by atoms with Gasteiger partial charge >= 0.3 is 6.09 Å². The van der Waals surface area contributed by atoms with Crippen LogP contribution >= 0.6 is 0 Å². The average Bonchev–Trinajstić information content (AvgIpc) is 2.96. The second-order valence-electron chi connectivity index (χ2n) is 7.48. The zero-order valence-electron chi connectivity index (χ0n) is 16.2. The van der Waals surface area contributed by atoms with Crippen molar-refractivity contribution in [1.82, 2.24) is 0 Å². The number of carbonyl (C=O) groups excluding carboxylic acids is 1. The molecule has 4 atom stereocenters. The molecule has 2 aliphatic heterocycles. The summed E-state index contributed by atoms with van der Waals surface area (Å²) in [6, 6.07) is 4.21. The fraction of sp³-hybridized carbons (Fsp3) is 0.476. The molecule has 0 aromatic heterocycles. The summed E-state index contributed by atoms with van der Waals surface area (Å²) in [5.74, 6) is -0.809. The van der Waals surface area contributed by atoms with Crippen LogP contribution in [0.2, 0.25) is 0 Å². The van der Waals surface area contributed by atoms with Crippen LogP contribution in [0.15, 0.2) is 43.5 Å². The fourth-order valence-corrected chi connectivity index (χ4v) is 3.87. The lowest BCUT2D eigenvalue weighted by atomic mass is 9.87. The van der Waals surface area contributed by atoms with E-state index in [1.807, 2.05) is 0 Å². The van der Waals surface area contributed by atoms with Crippen molar-refractivity contribution in [3.63, 3.8) is 0 Å². The van der Waals surface area contributed by atoms with Gasteiger partial charge in [0.2, 0.25) is 0 Å². The van der Waals surface area contributed by atoms with E-state index in [0.29, 0.717) is 17.7 Å². The minimum absolute atomic E-state index is 0.0572. The third-order valence-electron chi connectivity index (χ3n) is 4.89. The van der Waals surface area contributed by atoms with E-state index in [1.165, 1.54) is 17.0 Å². The maximum atomic E-state index is 12.9. The SMILES string of the molecule is C=CCOC(=O)N1c2ccc(O)cc2[C@@H]2OC(C)(C)O[C@H]2[C@@H]1C[C@H](O)CC=C. The standard InChI is InChI=1S/C21H27NO6/c1-5-7-13(23)12-17-19-18(27-21(3,4)28-19)15-11-14(24)8-9-16(15)22(17)20(25)26-10-6-2/h5-6,8-9,11,13,17-19,23-24H,1-2,7,10,12H2,3-4H3/t13-,17+,18+,19+/m1/s1. The van der Waals surface area contributed by atoms with Crippen LogP contribution in [0.3, 0.4) is 0 Å². The quantitative estimate of drug-likeness (QED) is 0.725. The maximum absolute atomic E-state index is 12.9. The number of hydrogen-bond donors (Lipinski definition) is 2. The third kappa shape index (κ3) is 3.92. The predicted octanol–water partition coefficient (Wildman–Crippen LogP) is 3.42. The van der Waals surface area contributed by atoms with Gasteiger partial charge in [0.05, 0.1) is 17.8 Å². The monoisotopic (exact) mass is 389 g/mol. The van der Waals surface area contributed by atoms with Gasteiger partial charge in [-0.25, -0.2) is 4.79 Å². The first-order valence-electron chi connectivity index (χ1n) is 9.31. The Labute approximate surface area is 164 Å². The molecule has 28 heavy (non-hydrogen) atoms. The lowest BCUT2D eigenvalue weighted by molar-refractivity contribution is -0.148. The van der Waals surface area contributed by atoms with E-state index in [-0.39, 0.29) is 18.8 Å². The van der Waals surface area contributed by atoms with Gasteiger partial charge in [0.1, 0.15) is 24.6 Å². The fourth-order valence-electron chi connectivity index (χ4n) is 3.87. The molecule has 2 aliphatic rings. The maximum Gasteiger partial charge on any atom is 0.414 e. The van der Waals surface area contributed by atoms with Crippen molar-refractivity contribution >= 4 is 11.8 Å². The molecule has 0 spiro atoms. The normalized spacial score (nSPS) is 26.1. The van der Waals surface area contributed by atoms with Crippen LogP contribution in [-0.4, -0.2) is 47.0 Å². The number of nitrogens with zero attached hydrogens (tertiary/aromatic N) is 1. The van der Waals surface area contributed by atoms with Crippen LogP contribution in [0.4, 0.5) is 10.5 Å². The number of carbonyl (C=O) groups is 1. The molecule has 1 amide bonds. The molecule has 2 N–H and O–H groups in total. The smallest absolute Gasteiger partial charge is 0.414 e. The lowest BCUT2D eigenvalue weighted by Gasteiger charge is -2.42. The van der Waals surface area contributed by atoms with Crippen molar-refractivity contribution in [3.05, 3.63) is 49.1 Å². The molecule has 0 unspecified atom stereocenters. The molecule has 7 heteroatoms. The molecule has 1 aromatic rings. The van der Waals surface area contributed by atoms with Crippen LogP contribution in [0, 0.1) is 0 Å². The summed E-state index contributed by atoms with van der Waals surface area (Å²) in [5.41, 5.74) is 1.20. The summed E-state index contributed by atoms with van der Waals surface area (Å²) in [6.45, 7) is 10.9. The molecule has 152 valence electrons. The number of aliphatic hydroxyl groups excluding tert-OH is 1. The molecule has 1 aromatic carbocycles. The second-order valence-corrected chi connectivity index (χ2v) is 7.48. The van der Waals surface area contributed by atoms with Crippen LogP contribution in [0.5, 0.6) is 5.75 Å². The average molecular weight is 389 g/mol. The van der Waals surface area contributed by atoms with Crippen molar-refractivity contribution in [2.24, 2.45) is 0 Å². The summed E-state index contributed by atoms with van der Waals surface area (Å²) in [7, 11) is 0. The highest BCUT2D eigenvalue weighted by Crippen LogP contribution is 2.50. The first-order chi connectivity index (χ1) is 13.3. The Morgan fingerprint density at radius 3 is 2.79 bits per heavy atom. The van der Waals surface area contributed by atoms with Gasteiger partial charge in [0.25, 0.3) is 0 Å². The van der Waals surface area contributed by atoms with E-state index >= 15 is 0 Å². The van der Waals surface area contributed by atoms with E-state index in [0.717, 1.165) is 0 Å². The second kappa shape index (κ2) is 7.95. The first kappa shape index (κ1) is 20.4. The Hall–Kier alpha value is -2.35. The van der Waals surface area contributed by atoms with Gasteiger partial charge < -0.3 is 24.4 Å². The third-order valence-corrected chi connectivity index (χ3v) is 4.89. The van der Waals surface area contributed by atoms with E-state index in [2.05, 4.69) is 13.2 Å². The van der Waals surface area contributed by atoms with Crippen molar-refractivity contribution < 1.29 is 29.2 Å². The molecule has 0 aliphatic carbocycles. The van der Waals surface area contributed by atoms with Crippen LogP contribution in [0.25, 0.3) is 0 Å². The molecule has 0 bridgehead atoms. The highest BCUT2D eigenvalue weighted by atomic mass is 16.8. The van der Waals surface area contributed by atoms with Gasteiger partial charge in [-0.05, 0) is 44.9 Å². The number of ether oxygens (including phenoxy) is 3. The number of rotatable bonds is 6. The number of amides is 1. The van der Waals surface area contributed by atoms with E-state index in [1.54, 1.807) is 32.1 Å². The Morgan fingerprint density at radius 2 is 2.11 bits per heavy atom. The summed E-state index contributed by atoms with van der Waals surface area (Å²) < 4.78 is 17.5. The number of benzene rings is 1. The highest BCUT2D eigenvalue weighted by molar-refractivity contribution is 5.91. The van der Waals surface area contributed by atoms with Gasteiger partial charge in [-0.1, -0.05) is 18.7 Å². The number of hydrogen-bond acceptors (Lipinski definition) is 6. The predicted molar refractivity (Wildman–Crippen MR) is 104 cm³/mol. The van der Waals surface area contributed by atoms with Gasteiger partial charge in [-0.15, -0.1) is 6.58 Å². The summed E-state index contributed by atoms with van der Waals surface area (Å²) >= 11 is 0. The molecule has 0 saturated carbocycles. The highest BCUT2D eigenvalue weighted by Gasteiger charge is 2.53. The number of aromatic hydroxyl groups is 1. The number of fused-ring (bicyclic) bond motifs is 3. The Bertz CT molecular complexity index is 761. The Morgan fingerprint density at radius 1 is 1.36 bits per heavy atom. The topological polar surface area (TPSA) is 88.5 Å². The van der Waals surface area contributed by atoms with E-state index in [9.17, 15) is 15.0 Å². The van der Waals surface area contributed by atoms with E-state index < -0.39 is 36.2 Å². The minimum atomic E-state index is -0.874. The number of phenolic OH excluding ortho intramolecular Hbond substituents is 1. The molecule has 7 nitrogen and oxygen atoms in total. The van der Waals surface area contributed by atoms with Crippen LogP contribution in [-0.2, 0) is 14.2 Å². The Balaban J connectivity index is 2.07. The molecule has 3 rings (SSSR count). The van der Waals surface area contributed by atoms with Crippen LogP contribution in [0.1, 0.15) is 38.4 Å². The lowest BCUT2D eigenvalue weighted by Crippen LogP contribution is -2.54. The molecule has 1 fully saturated rings. The first-order valence-corrected chi connectivity index (χ1v) is 9.31. The number of aliphatic hydroxyl groups is 1. The molecule has 2 heterocycles. The van der Waals surface area contributed by atoms with Crippen molar-refractivity contribution in [1.29, 1.82) is 0 Å². The number of anilines is 1. The van der Waals surface area contributed by atoms with Crippen molar-refractivity contribution in [2.45, 2.75) is 56.8 Å². The molecular formula is C21H27NO6. The zero-order valence-corrected chi connectivity index (χ0v) is 16.2. The Kier molecular flexibility index (Phi) is 5.79. The summed E-state index contributed by atoms with van der Waals surface area (Å²) in [6.07, 6.45) is 1.47. The van der Waals surface area contributed by atoms with Crippen molar-refractivity contribution in [3.8, 4) is 5.75 Å². The molecule has 1 saturated heterocycles. The molecular weight excluding hydrogens is 362 g/mol. The summed E-state index contributed by atoms with van der Waals surface area (Å²) in [4.78, 5) is 14.4. The zero-order chi connectivity index (χ0) is 20.5. The van der Waals surface area contributed by atoms with Crippen LogP contribution < -0.4 is 4.90 Å².